The fraction of sp³-hybridized carbons (Fsp3) is 0.533. The zero-order valence-electron chi connectivity index (χ0n) is 12.4. The van der Waals surface area contributed by atoms with Crippen LogP contribution in [0.2, 0.25) is 0 Å². The summed E-state index contributed by atoms with van der Waals surface area (Å²) in [6, 6.07) is 3.47. The van der Waals surface area contributed by atoms with Crippen LogP contribution in [0.3, 0.4) is 0 Å². The van der Waals surface area contributed by atoms with Crippen LogP contribution in [0, 0.1) is 5.92 Å². The van der Waals surface area contributed by atoms with Crippen LogP contribution < -0.4 is 11.1 Å². The number of nitrogens with one attached hydrogen (secondary N) is 1. The average Bonchev–Trinajstić information content (AvgIpc) is 2.42. The average molecular weight is 296 g/mol. The van der Waals surface area contributed by atoms with Crippen molar-refractivity contribution in [2.45, 2.75) is 38.8 Å². The van der Waals surface area contributed by atoms with Gasteiger partial charge in [0.15, 0.2) is 11.5 Å². The molecule has 2 atom stereocenters. The number of aliphatic hydroxyl groups is 1. The zero-order chi connectivity index (χ0) is 16.0. The first-order valence-electron chi connectivity index (χ1n) is 7.02. The Labute approximate surface area is 124 Å². The highest BCUT2D eigenvalue weighted by molar-refractivity contribution is 5.82. The molecule has 0 heterocycles. The van der Waals surface area contributed by atoms with Gasteiger partial charge in [-0.1, -0.05) is 19.9 Å². The van der Waals surface area contributed by atoms with Crippen molar-refractivity contribution in [3.05, 3.63) is 23.8 Å². The standard InChI is InChI=1S/C15H24N2O4/c1-9(2)12(5-6-18)17-15(21)11(16)7-10-3-4-13(19)14(20)8-10/h3-4,8-9,11-12,18-20H,5-7,16H2,1-2H3,(H,17,21)/t11-,12?/m0/s1. The molecule has 1 aromatic rings. The summed E-state index contributed by atoms with van der Waals surface area (Å²) in [5.74, 6) is -0.541. The Morgan fingerprint density at radius 1 is 1.29 bits per heavy atom. The number of hydrogen-bond acceptors (Lipinski definition) is 5. The molecular formula is C15H24N2O4. The molecule has 6 nitrogen and oxygen atoms in total. The predicted molar refractivity (Wildman–Crippen MR) is 79.9 cm³/mol. The minimum absolute atomic E-state index is 0.00417. The minimum atomic E-state index is -0.756. The second-order valence-electron chi connectivity index (χ2n) is 5.51. The molecule has 6 N–H and O–H groups in total. The van der Waals surface area contributed by atoms with E-state index in [4.69, 9.17) is 10.8 Å². The summed E-state index contributed by atoms with van der Waals surface area (Å²) in [5, 5.41) is 30.5. The lowest BCUT2D eigenvalue weighted by molar-refractivity contribution is -0.123. The van der Waals surface area contributed by atoms with Gasteiger partial charge >= 0.3 is 0 Å². The fourth-order valence-electron chi connectivity index (χ4n) is 2.04. The van der Waals surface area contributed by atoms with Crippen LogP contribution in [-0.2, 0) is 11.2 Å². The van der Waals surface area contributed by atoms with Crippen molar-refractivity contribution in [3.63, 3.8) is 0 Å². The van der Waals surface area contributed by atoms with E-state index in [1.807, 2.05) is 13.8 Å². The predicted octanol–water partition coefficient (Wildman–Crippen LogP) is 0.491. The van der Waals surface area contributed by atoms with Crippen molar-refractivity contribution < 1.29 is 20.1 Å². The molecule has 0 saturated carbocycles. The molecule has 0 spiro atoms. The van der Waals surface area contributed by atoms with E-state index in [9.17, 15) is 15.0 Å². The number of rotatable bonds is 7. The monoisotopic (exact) mass is 296 g/mol. The summed E-state index contributed by atoms with van der Waals surface area (Å²) in [5.41, 5.74) is 6.53. The third kappa shape index (κ3) is 5.24. The maximum atomic E-state index is 12.1. The van der Waals surface area contributed by atoms with E-state index < -0.39 is 6.04 Å². The van der Waals surface area contributed by atoms with Crippen LogP contribution in [0.4, 0.5) is 0 Å². The van der Waals surface area contributed by atoms with Crippen molar-refractivity contribution in [1.29, 1.82) is 0 Å². The number of nitrogens with two attached hydrogens (primary N) is 1. The smallest absolute Gasteiger partial charge is 0.237 e. The maximum absolute atomic E-state index is 12.1. The summed E-state index contributed by atoms with van der Waals surface area (Å²) in [4.78, 5) is 12.1. The van der Waals surface area contributed by atoms with Gasteiger partial charge in [0.2, 0.25) is 5.91 Å². The molecule has 6 heteroatoms. The lowest BCUT2D eigenvalue weighted by Crippen LogP contribution is -2.48. The van der Waals surface area contributed by atoms with Crippen molar-refractivity contribution in [3.8, 4) is 11.5 Å². The number of phenols is 2. The maximum Gasteiger partial charge on any atom is 0.237 e. The Morgan fingerprint density at radius 2 is 1.95 bits per heavy atom. The van der Waals surface area contributed by atoms with Crippen LogP contribution in [0.1, 0.15) is 25.8 Å². The zero-order valence-corrected chi connectivity index (χ0v) is 12.4. The largest absolute Gasteiger partial charge is 0.504 e. The highest BCUT2D eigenvalue weighted by Gasteiger charge is 2.20. The van der Waals surface area contributed by atoms with E-state index in [2.05, 4.69) is 5.32 Å². The van der Waals surface area contributed by atoms with Crippen LogP contribution in [0.5, 0.6) is 11.5 Å². The third-order valence-electron chi connectivity index (χ3n) is 3.40. The molecule has 0 aliphatic rings. The summed E-state index contributed by atoms with van der Waals surface area (Å²) < 4.78 is 0. The first kappa shape index (κ1) is 17.3. The molecule has 1 amide bonds. The first-order chi connectivity index (χ1) is 9.85. The Balaban J connectivity index is 2.63. The highest BCUT2D eigenvalue weighted by Crippen LogP contribution is 2.25. The van der Waals surface area contributed by atoms with E-state index in [0.717, 1.165) is 0 Å². The number of aliphatic hydroxyl groups excluding tert-OH is 1. The lowest BCUT2D eigenvalue weighted by atomic mass is 10.00. The second kappa shape index (κ2) is 7.85. The van der Waals surface area contributed by atoms with Gasteiger partial charge in [0.05, 0.1) is 6.04 Å². The summed E-state index contributed by atoms with van der Waals surface area (Å²) in [6.07, 6.45) is 0.736. The summed E-state index contributed by atoms with van der Waals surface area (Å²) in [7, 11) is 0. The van der Waals surface area contributed by atoms with Gasteiger partial charge in [-0.25, -0.2) is 0 Å². The van der Waals surface area contributed by atoms with Crippen molar-refractivity contribution >= 4 is 5.91 Å². The number of amides is 1. The van der Waals surface area contributed by atoms with Crippen LogP contribution in [-0.4, -0.2) is 39.9 Å². The molecular weight excluding hydrogens is 272 g/mol. The van der Waals surface area contributed by atoms with Gasteiger partial charge in [-0.2, -0.15) is 0 Å². The van der Waals surface area contributed by atoms with Crippen molar-refractivity contribution in [2.24, 2.45) is 11.7 Å². The van der Waals surface area contributed by atoms with Crippen LogP contribution in [0.15, 0.2) is 18.2 Å². The van der Waals surface area contributed by atoms with Gasteiger partial charge in [0.1, 0.15) is 0 Å². The van der Waals surface area contributed by atoms with E-state index in [-0.39, 0.29) is 42.4 Å². The summed E-state index contributed by atoms with van der Waals surface area (Å²) in [6.45, 7) is 3.93. The number of aromatic hydroxyl groups is 2. The number of carbonyl (C=O) groups is 1. The molecule has 0 aliphatic carbocycles. The lowest BCUT2D eigenvalue weighted by Gasteiger charge is -2.23. The van der Waals surface area contributed by atoms with Gasteiger partial charge in [-0.3, -0.25) is 4.79 Å². The Bertz CT molecular complexity index is 477. The molecule has 1 rings (SSSR count). The molecule has 0 aliphatic heterocycles. The normalized spacial score (nSPS) is 14.0. The molecule has 0 bridgehead atoms. The number of hydrogen-bond donors (Lipinski definition) is 5. The topological polar surface area (TPSA) is 116 Å². The molecule has 0 saturated heterocycles. The van der Waals surface area contributed by atoms with Crippen molar-refractivity contribution in [2.75, 3.05) is 6.61 Å². The molecule has 1 aromatic carbocycles. The van der Waals surface area contributed by atoms with Gasteiger partial charge in [-0.05, 0) is 36.5 Å². The van der Waals surface area contributed by atoms with Crippen molar-refractivity contribution in [1.82, 2.24) is 5.32 Å². The van der Waals surface area contributed by atoms with Gasteiger partial charge in [0, 0.05) is 12.6 Å². The molecule has 0 fully saturated rings. The number of benzene rings is 1. The van der Waals surface area contributed by atoms with Gasteiger partial charge < -0.3 is 26.4 Å². The molecule has 1 unspecified atom stereocenters. The SMILES string of the molecule is CC(C)C(CCO)NC(=O)[C@@H](N)Cc1ccc(O)c(O)c1. The number of carbonyl (C=O) groups excluding carboxylic acids is 1. The minimum Gasteiger partial charge on any atom is -0.504 e. The quantitative estimate of drug-likeness (QED) is 0.470. The van der Waals surface area contributed by atoms with Crippen LogP contribution in [0.25, 0.3) is 0 Å². The van der Waals surface area contributed by atoms with E-state index in [1.54, 1.807) is 6.07 Å². The highest BCUT2D eigenvalue weighted by atomic mass is 16.3. The molecule has 118 valence electrons. The molecule has 0 aromatic heterocycles. The number of phenolic OH excluding ortho intramolecular Hbond substituents is 2. The Hall–Kier alpha value is -1.79. The first-order valence-corrected chi connectivity index (χ1v) is 7.02. The fourth-order valence-corrected chi connectivity index (χ4v) is 2.04. The van der Waals surface area contributed by atoms with Gasteiger partial charge in [-0.15, -0.1) is 0 Å². The Kier molecular flexibility index (Phi) is 6.45. The van der Waals surface area contributed by atoms with Gasteiger partial charge in [0.25, 0.3) is 0 Å². The molecule has 0 radical (unpaired) electrons. The van der Waals surface area contributed by atoms with E-state index >= 15 is 0 Å². The van der Waals surface area contributed by atoms with E-state index in [0.29, 0.717) is 12.0 Å². The Morgan fingerprint density at radius 3 is 2.48 bits per heavy atom. The van der Waals surface area contributed by atoms with Crippen LogP contribution >= 0.6 is 0 Å². The summed E-state index contributed by atoms with van der Waals surface area (Å²) >= 11 is 0. The second-order valence-corrected chi connectivity index (χ2v) is 5.51. The third-order valence-corrected chi connectivity index (χ3v) is 3.40. The molecule has 21 heavy (non-hydrogen) atoms. The van der Waals surface area contributed by atoms with E-state index in [1.165, 1.54) is 12.1 Å².